The van der Waals surface area contributed by atoms with Gasteiger partial charge in [-0.15, -0.1) is 0 Å². The van der Waals surface area contributed by atoms with Gasteiger partial charge >= 0.3 is 5.82 Å². The van der Waals surface area contributed by atoms with E-state index in [-0.39, 0.29) is 11.2 Å². The molecule has 6 heteroatoms. The Labute approximate surface area is 107 Å². The zero-order valence-electron chi connectivity index (χ0n) is 11.1. The van der Waals surface area contributed by atoms with Crippen LogP contribution in [0.3, 0.4) is 0 Å². The van der Waals surface area contributed by atoms with E-state index in [9.17, 15) is 10.1 Å². The lowest BCUT2D eigenvalue weighted by Crippen LogP contribution is -2.39. The number of aromatic nitrogens is 1. The summed E-state index contributed by atoms with van der Waals surface area (Å²) in [5.41, 5.74) is 6.16. The number of hydrogen-bond acceptors (Lipinski definition) is 5. The molecule has 0 unspecified atom stereocenters. The molecule has 0 aliphatic heterocycles. The molecule has 0 aromatic carbocycles. The van der Waals surface area contributed by atoms with Crippen LogP contribution in [0, 0.1) is 15.5 Å². The van der Waals surface area contributed by atoms with Gasteiger partial charge in [0.2, 0.25) is 0 Å². The normalized spacial score (nSPS) is 11.3. The van der Waals surface area contributed by atoms with Crippen molar-refractivity contribution in [1.29, 1.82) is 0 Å². The predicted octanol–water partition coefficient (Wildman–Crippen LogP) is 1.80. The molecule has 6 nitrogen and oxygen atoms in total. The Morgan fingerprint density at radius 1 is 1.56 bits per heavy atom. The fourth-order valence-electron chi connectivity index (χ4n) is 1.72. The van der Waals surface area contributed by atoms with Crippen molar-refractivity contribution >= 4 is 11.5 Å². The molecule has 1 rings (SSSR count). The van der Waals surface area contributed by atoms with Crippen LogP contribution in [0.4, 0.5) is 11.5 Å². The van der Waals surface area contributed by atoms with E-state index < -0.39 is 4.92 Å². The van der Waals surface area contributed by atoms with Crippen molar-refractivity contribution in [2.45, 2.75) is 20.8 Å². The first-order valence-electron chi connectivity index (χ1n) is 5.95. The van der Waals surface area contributed by atoms with Gasteiger partial charge in [0.05, 0.1) is 0 Å². The molecule has 0 radical (unpaired) electrons. The second-order valence-corrected chi connectivity index (χ2v) is 4.99. The van der Waals surface area contributed by atoms with E-state index in [0.29, 0.717) is 25.3 Å². The van der Waals surface area contributed by atoms with Crippen LogP contribution in [0.15, 0.2) is 18.3 Å². The Bertz CT molecular complexity index is 420. The molecule has 1 heterocycles. The summed E-state index contributed by atoms with van der Waals surface area (Å²) in [5.74, 6) is -0.104. The highest BCUT2D eigenvalue weighted by atomic mass is 16.6. The summed E-state index contributed by atoms with van der Waals surface area (Å²) < 4.78 is 0. The number of pyridine rings is 1. The third-order valence-corrected chi connectivity index (χ3v) is 2.83. The van der Waals surface area contributed by atoms with Crippen molar-refractivity contribution in [3.63, 3.8) is 0 Å². The van der Waals surface area contributed by atoms with Gasteiger partial charge in [-0.3, -0.25) is 0 Å². The highest BCUT2D eigenvalue weighted by Gasteiger charge is 2.25. The monoisotopic (exact) mass is 252 g/mol. The van der Waals surface area contributed by atoms with Gasteiger partial charge in [0.25, 0.3) is 0 Å². The Balaban J connectivity index is 3.06. The molecular formula is C12H20N4O2. The van der Waals surface area contributed by atoms with Gasteiger partial charge in [0.1, 0.15) is 11.9 Å². The van der Waals surface area contributed by atoms with Crippen LogP contribution in [-0.2, 0) is 0 Å². The minimum Gasteiger partial charge on any atom is -0.364 e. The summed E-state index contributed by atoms with van der Waals surface area (Å²) >= 11 is 0. The largest absolute Gasteiger partial charge is 0.387 e. The third kappa shape index (κ3) is 3.40. The van der Waals surface area contributed by atoms with Gasteiger partial charge in [0, 0.05) is 13.1 Å². The highest BCUT2D eigenvalue weighted by Crippen LogP contribution is 2.27. The lowest BCUT2D eigenvalue weighted by Gasteiger charge is -2.32. The smallest absolute Gasteiger partial charge is 0.364 e. The molecule has 18 heavy (non-hydrogen) atoms. The number of rotatable bonds is 6. The maximum Gasteiger partial charge on any atom is 0.387 e. The van der Waals surface area contributed by atoms with Crippen LogP contribution in [0.1, 0.15) is 20.8 Å². The van der Waals surface area contributed by atoms with Gasteiger partial charge in [0.15, 0.2) is 0 Å². The zero-order valence-corrected chi connectivity index (χ0v) is 11.1. The van der Waals surface area contributed by atoms with Crippen molar-refractivity contribution in [1.82, 2.24) is 4.98 Å². The molecule has 0 aliphatic rings. The van der Waals surface area contributed by atoms with Gasteiger partial charge in [-0.05, 0) is 40.9 Å². The zero-order chi connectivity index (χ0) is 13.8. The summed E-state index contributed by atoms with van der Waals surface area (Å²) in [6.45, 7) is 7.90. The SMILES string of the molecule is CCN(CC(C)(C)CN)c1cccnc1[N+](=O)[O-]. The van der Waals surface area contributed by atoms with E-state index in [1.807, 2.05) is 25.7 Å². The number of anilines is 1. The average molecular weight is 252 g/mol. The van der Waals surface area contributed by atoms with Gasteiger partial charge in [-0.1, -0.05) is 13.8 Å². The fraction of sp³-hybridized carbons (Fsp3) is 0.583. The molecule has 0 fully saturated rings. The highest BCUT2D eigenvalue weighted by molar-refractivity contribution is 5.58. The Kier molecular flexibility index (Phi) is 4.61. The average Bonchev–Trinajstić information content (AvgIpc) is 2.36. The van der Waals surface area contributed by atoms with Crippen LogP contribution in [0.25, 0.3) is 0 Å². The van der Waals surface area contributed by atoms with Crippen molar-refractivity contribution < 1.29 is 4.92 Å². The first kappa shape index (κ1) is 14.4. The predicted molar refractivity (Wildman–Crippen MR) is 71.6 cm³/mol. The van der Waals surface area contributed by atoms with Crippen molar-refractivity contribution in [2.24, 2.45) is 11.1 Å². The van der Waals surface area contributed by atoms with Gasteiger partial charge in [-0.2, -0.15) is 0 Å². The molecular weight excluding hydrogens is 232 g/mol. The number of hydrogen-bond donors (Lipinski definition) is 1. The first-order chi connectivity index (χ1) is 8.41. The van der Waals surface area contributed by atoms with Crippen LogP contribution in [-0.4, -0.2) is 29.5 Å². The van der Waals surface area contributed by atoms with Crippen molar-refractivity contribution in [3.8, 4) is 0 Å². The maximum absolute atomic E-state index is 11.0. The Hall–Kier alpha value is -1.69. The van der Waals surface area contributed by atoms with Crippen LogP contribution >= 0.6 is 0 Å². The maximum atomic E-state index is 11.0. The molecule has 0 bridgehead atoms. The summed E-state index contributed by atoms with van der Waals surface area (Å²) in [6.07, 6.45) is 1.43. The quantitative estimate of drug-likeness (QED) is 0.616. The molecule has 0 saturated heterocycles. The molecule has 100 valence electrons. The van der Waals surface area contributed by atoms with Crippen LogP contribution in [0.2, 0.25) is 0 Å². The topological polar surface area (TPSA) is 85.3 Å². The Morgan fingerprint density at radius 2 is 2.22 bits per heavy atom. The van der Waals surface area contributed by atoms with E-state index in [1.54, 1.807) is 12.1 Å². The molecule has 1 aromatic heterocycles. The molecule has 0 amide bonds. The molecule has 0 aliphatic carbocycles. The Morgan fingerprint density at radius 3 is 2.72 bits per heavy atom. The number of nitrogens with two attached hydrogens (primary N) is 1. The lowest BCUT2D eigenvalue weighted by molar-refractivity contribution is -0.388. The van der Waals surface area contributed by atoms with E-state index in [4.69, 9.17) is 5.73 Å². The molecule has 1 aromatic rings. The van der Waals surface area contributed by atoms with Crippen LogP contribution < -0.4 is 10.6 Å². The summed E-state index contributed by atoms with van der Waals surface area (Å²) in [6, 6.07) is 3.43. The van der Waals surface area contributed by atoms with Crippen molar-refractivity contribution in [2.75, 3.05) is 24.5 Å². The second-order valence-electron chi connectivity index (χ2n) is 4.99. The third-order valence-electron chi connectivity index (χ3n) is 2.83. The summed E-state index contributed by atoms with van der Waals surface area (Å²) in [5, 5.41) is 11.0. The van der Waals surface area contributed by atoms with Gasteiger partial charge in [-0.25, -0.2) is 0 Å². The van der Waals surface area contributed by atoms with Gasteiger partial charge < -0.3 is 20.7 Å². The standard InChI is InChI=1S/C12H20N4O2/c1-4-15(9-12(2,3)8-13)10-6-5-7-14-11(10)16(17)18/h5-7H,4,8-9,13H2,1-3H3. The second kappa shape index (κ2) is 5.77. The molecule has 0 spiro atoms. The van der Waals surface area contributed by atoms with E-state index in [2.05, 4.69) is 4.98 Å². The molecule has 0 saturated carbocycles. The minimum absolute atomic E-state index is 0.0975. The van der Waals surface area contributed by atoms with E-state index in [1.165, 1.54) is 6.20 Å². The van der Waals surface area contributed by atoms with E-state index >= 15 is 0 Å². The first-order valence-corrected chi connectivity index (χ1v) is 5.95. The van der Waals surface area contributed by atoms with Crippen molar-refractivity contribution in [3.05, 3.63) is 28.4 Å². The van der Waals surface area contributed by atoms with E-state index in [0.717, 1.165) is 0 Å². The minimum atomic E-state index is -0.451. The van der Waals surface area contributed by atoms with Crippen LogP contribution in [0.5, 0.6) is 0 Å². The number of nitro groups is 1. The summed E-state index contributed by atoms with van der Waals surface area (Å²) in [4.78, 5) is 16.3. The fourth-order valence-corrected chi connectivity index (χ4v) is 1.72. The lowest BCUT2D eigenvalue weighted by atomic mass is 9.93. The molecule has 2 N–H and O–H groups in total. The number of nitrogens with zero attached hydrogens (tertiary/aromatic N) is 3. The summed E-state index contributed by atoms with van der Waals surface area (Å²) in [7, 11) is 0. The molecule has 0 atom stereocenters.